The molecule has 1 N–H and O–H groups in total. The molecule has 0 bridgehead atoms. The summed E-state index contributed by atoms with van der Waals surface area (Å²) in [7, 11) is 1.52. The predicted octanol–water partition coefficient (Wildman–Crippen LogP) is 3.81. The highest BCUT2D eigenvalue weighted by Crippen LogP contribution is 2.36. The molecule has 9 heteroatoms. The van der Waals surface area contributed by atoms with E-state index in [9.17, 15) is 22.8 Å². The average Bonchev–Trinajstić information content (AvgIpc) is 2.60. The lowest BCUT2D eigenvalue weighted by Gasteiger charge is -2.17. The topological polar surface area (TPSA) is 66.1 Å². The lowest BCUT2D eigenvalue weighted by molar-refractivity contribution is -0.0328. The van der Waals surface area contributed by atoms with Crippen LogP contribution in [-0.4, -0.2) is 33.3 Å². The number of hydrogen-bond donors (Lipinski definition) is 1. The zero-order chi connectivity index (χ0) is 19.6. The van der Waals surface area contributed by atoms with Gasteiger partial charge in [0.05, 0.1) is 17.4 Å². The van der Waals surface area contributed by atoms with Crippen molar-refractivity contribution in [1.82, 2.24) is 14.9 Å². The van der Waals surface area contributed by atoms with Gasteiger partial charge < -0.3 is 9.88 Å². The van der Waals surface area contributed by atoms with Crippen LogP contribution in [-0.2, 0) is 6.54 Å². The Balaban J connectivity index is 1.75. The van der Waals surface area contributed by atoms with Crippen molar-refractivity contribution in [2.24, 2.45) is 0 Å². The number of aromatic nitrogens is 2. The third-order valence-electron chi connectivity index (χ3n) is 3.73. The Bertz CT molecular complexity index is 1030. The van der Waals surface area contributed by atoms with Crippen LogP contribution in [0.25, 0.3) is 10.9 Å². The van der Waals surface area contributed by atoms with E-state index in [2.05, 4.69) is 9.97 Å². The van der Waals surface area contributed by atoms with E-state index >= 15 is 0 Å². The highest BCUT2D eigenvalue weighted by atomic mass is 32.2. The Morgan fingerprint density at radius 3 is 2.48 bits per heavy atom. The first-order valence-electron chi connectivity index (χ1n) is 7.82. The van der Waals surface area contributed by atoms with E-state index in [1.165, 1.54) is 36.2 Å². The van der Waals surface area contributed by atoms with Crippen LogP contribution in [0.5, 0.6) is 0 Å². The van der Waals surface area contributed by atoms with Crippen LogP contribution in [0.4, 0.5) is 13.2 Å². The summed E-state index contributed by atoms with van der Waals surface area (Å²) in [6.45, 7) is 0.0535. The number of benzene rings is 2. The minimum atomic E-state index is -4.38. The van der Waals surface area contributed by atoms with E-state index in [1.54, 1.807) is 24.3 Å². The number of carbonyl (C=O) groups is 1. The van der Waals surface area contributed by atoms with E-state index in [0.29, 0.717) is 16.7 Å². The van der Waals surface area contributed by atoms with Crippen molar-refractivity contribution in [1.29, 1.82) is 0 Å². The zero-order valence-electron chi connectivity index (χ0n) is 14.1. The molecular weight excluding hydrogens is 379 g/mol. The van der Waals surface area contributed by atoms with Crippen LogP contribution >= 0.6 is 11.8 Å². The maximum absolute atomic E-state index is 12.5. The first-order chi connectivity index (χ1) is 12.7. The Labute approximate surface area is 156 Å². The number of thioether (sulfide) groups is 1. The standard InChI is InChI=1S/C18H14F3N3O2S/c1-24(10-15-22-14-5-3-2-4-13(14)16(25)23-15)17(26)11-6-8-12(9-7-11)27-18(19,20)21/h2-9H,10H2,1H3,(H,22,23,25). The molecule has 0 unspecified atom stereocenters. The fourth-order valence-corrected chi connectivity index (χ4v) is 3.07. The highest BCUT2D eigenvalue weighted by Gasteiger charge is 2.29. The van der Waals surface area contributed by atoms with E-state index in [0.717, 1.165) is 0 Å². The number of nitrogens with one attached hydrogen (secondary N) is 1. The molecule has 140 valence electrons. The number of nitrogens with zero attached hydrogens (tertiary/aromatic N) is 2. The maximum atomic E-state index is 12.5. The molecule has 0 saturated carbocycles. The third kappa shape index (κ3) is 4.68. The first kappa shape index (κ1) is 19.0. The molecule has 0 radical (unpaired) electrons. The summed E-state index contributed by atoms with van der Waals surface area (Å²) in [5, 5.41) is 0.452. The number of alkyl halides is 3. The summed E-state index contributed by atoms with van der Waals surface area (Å²) in [6, 6.07) is 12.0. The van der Waals surface area contributed by atoms with Crippen LogP contribution in [0.3, 0.4) is 0 Å². The second kappa shape index (κ2) is 7.43. The predicted molar refractivity (Wildman–Crippen MR) is 96.5 cm³/mol. The molecule has 0 atom stereocenters. The summed E-state index contributed by atoms with van der Waals surface area (Å²) in [4.78, 5) is 32.8. The number of H-pyrrole nitrogens is 1. The lowest BCUT2D eigenvalue weighted by atomic mass is 10.2. The Kier molecular flexibility index (Phi) is 5.22. The van der Waals surface area contributed by atoms with E-state index in [4.69, 9.17) is 0 Å². The third-order valence-corrected chi connectivity index (χ3v) is 4.47. The Hall–Kier alpha value is -2.81. The number of hydrogen-bond acceptors (Lipinski definition) is 4. The van der Waals surface area contributed by atoms with Gasteiger partial charge in [0.1, 0.15) is 5.82 Å². The molecular formula is C18H14F3N3O2S. The number of rotatable bonds is 4. The fraction of sp³-hybridized carbons (Fsp3) is 0.167. The Morgan fingerprint density at radius 1 is 1.15 bits per heavy atom. The summed E-state index contributed by atoms with van der Waals surface area (Å²) in [5.41, 5.74) is -3.92. The number of amides is 1. The smallest absolute Gasteiger partial charge is 0.334 e. The molecule has 0 aliphatic carbocycles. The van der Waals surface area contributed by atoms with Gasteiger partial charge in [0, 0.05) is 17.5 Å². The Morgan fingerprint density at radius 2 is 1.81 bits per heavy atom. The number of halogens is 3. The molecule has 0 fully saturated rings. The van der Waals surface area contributed by atoms with E-state index in [-0.39, 0.29) is 34.3 Å². The number of fused-ring (bicyclic) bond motifs is 1. The quantitative estimate of drug-likeness (QED) is 0.685. The monoisotopic (exact) mass is 393 g/mol. The second-order valence-electron chi connectivity index (χ2n) is 5.76. The van der Waals surface area contributed by atoms with Gasteiger partial charge in [0.15, 0.2) is 0 Å². The number of carbonyl (C=O) groups excluding carboxylic acids is 1. The molecule has 1 amide bonds. The summed E-state index contributed by atoms with van der Waals surface area (Å²) >= 11 is -0.240. The van der Waals surface area contributed by atoms with Crippen LogP contribution < -0.4 is 5.56 Å². The van der Waals surface area contributed by atoms with Gasteiger partial charge in [-0.2, -0.15) is 13.2 Å². The molecule has 0 spiro atoms. The molecule has 3 rings (SSSR count). The van der Waals surface area contributed by atoms with Gasteiger partial charge in [-0.25, -0.2) is 4.98 Å². The molecule has 0 aliphatic heterocycles. The van der Waals surface area contributed by atoms with Gasteiger partial charge in [-0.1, -0.05) is 12.1 Å². The minimum Gasteiger partial charge on any atom is -0.334 e. The van der Waals surface area contributed by atoms with Crippen molar-refractivity contribution in [2.45, 2.75) is 16.9 Å². The van der Waals surface area contributed by atoms with E-state index < -0.39 is 11.4 Å². The largest absolute Gasteiger partial charge is 0.446 e. The summed E-state index contributed by atoms with van der Waals surface area (Å²) in [5.74, 6) is -0.0758. The molecule has 27 heavy (non-hydrogen) atoms. The molecule has 0 saturated heterocycles. The molecule has 3 aromatic rings. The first-order valence-corrected chi connectivity index (χ1v) is 8.64. The molecule has 2 aromatic carbocycles. The van der Waals surface area contributed by atoms with Crippen LogP contribution in [0, 0.1) is 0 Å². The normalized spacial score (nSPS) is 11.6. The molecule has 1 heterocycles. The van der Waals surface area contributed by atoms with Gasteiger partial charge in [-0.05, 0) is 48.2 Å². The fourth-order valence-electron chi connectivity index (χ4n) is 2.53. The van der Waals surface area contributed by atoms with Gasteiger partial charge in [0.25, 0.3) is 11.5 Å². The second-order valence-corrected chi connectivity index (χ2v) is 6.90. The van der Waals surface area contributed by atoms with Crippen molar-refractivity contribution >= 4 is 28.6 Å². The van der Waals surface area contributed by atoms with Crippen molar-refractivity contribution in [3.63, 3.8) is 0 Å². The summed E-state index contributed by atoms with van der Waals surface area (Å²) in [6.07, 6.45) is 0. The molecule has 5 nitrogen and oxygen atoms in total. The van der Waals surface area contributed by atoms with Crippen LogP contribution in [0.1, 0.15) is 16.2 Å². The number of para-hydroxylation sites is 1. The van der Waals surface area contributed by atoms with Crippen LogP contribution in [0.2, 0.25) is 0 Å². The van der Waals surface area contributed by atoms with Crippen molar-refractivity contribution < 1.29 is 18.0 Å². The average molecular weight is 393 g/mol. The summed E-state index contributed by atoms with van der Waals surface area (Å²) < 4.78 is 37.1. The van der Waals surface area contributed by atoms with Crippen LogP contribution in [0.15, 0.2) is 58.2 Å². The van der Waals surface area contributed by atoms with Crippen molar-refractivity contribution in [2.75, 3.05) is 7.05 Å². The lowest BCUT2D eigenvalue weighted by Crippen LogP contribution is -2.28. The number of aromatic amines is 1. The van der Waals surface area contributed by atoms with Gasteiger partial charge in [0.2, 0.25) is 0 Å². The highest BCUT2D eigenvalue weighted by molar-refractivity contribution is 8.00. The van der Waals surface area contributed by atoms with Gasteiger partial charge in [-0.15, -0.1) is 0 Å². The molecule has 1 aromatic heterocycles. The van der Waals surface area contributed by atoms with Gasteiger partial charge in [-0.3, -0.25) is 9.59 Å². The van der Waals surface area contributed by atoms with Crippen molar-refractivity contribution in [3.05, 3.63) is 70.3 Å². The molecule has 0 aliphatic rings. The zero-order valence-corrected chi connectivity index (χ0v) is 14.9. The maximum Gasteiger partial charge on any atom is 0.446 e. The van der Waals surface area contributed by atoms with Crippen molar-refractivity contribution in [3.8, 4) is 0 Å². The van der Waals surface area contributed by atoms with Gasteiger partial charge >= 0.3 is 5.51 Å². The van der Waals surface area contributed by atoms with E-state index in [1.807, 2.05) is 0 Å². The minimum absolute atomic E-state index is 0.00206. The SMILES string of the molecule is CN(Cc1nc2ccccc2c(=O)[nH]1)C(=O)c1ccc(SC(F)(F)F)cc1.